The number of carbonyl (C=O) groups is 1. The Morgan fingerprint density at radius 1 is 1.10 bits per heavy atom. The van der Waals surface area contributed by atoms with E-state index in [-0.39, 0.29) is 11.9 Å². The first-order valence-electron chi connectivity index (χ1n) is 10.9. The van der Waals surface area contributed by atoms with Gasteiger partial charge in [0, 0.05) is 57.4 Å². The Morgan fingerprint density at radius 3 is 2.45 bits per heavy atom. The number of aliphatic imine (C=N–C) groups is 1. The third kappa shape index (κ3) is 5.86. The van der Waals surface area contributed by atoms with Gasteiger partial charge in [-0.25, -0.2) is 0 Å². The molecule has 0 bridgehead atoms. The van der Waals surface area contributed by atoms with E-state index in [1.165, 1.54) is 0 Å². The van der Waals surface area contributed by atoms with E-state index in [0.717, 1.165) is 81.6 Å². The zero-order valence-corrected chi connectivity index (χ0v) is 18.5. The molecule has 2 heterocycles. The summed E-state index contributed by atoms with van der Waals surface area (Å²) in [5.74, 6) is 1.24. The molecule has 0 saturated carbocycles. The molecule has 0 aromatic heterocycles. The number of nitrogens with zero attached hydrogens (tertiary/aromatic N) is 4. The number of carbonyl (C=O) groups excluding carboxylic acids is 1. The first-order valence-corrected chi connectivity index (χ1v) is 11.3. The molecule has 1 N–H and O–H groups in total. The van der Waals surface area contributed by atoms with Crippen molar-refractivity contribution in [1.29, 1.82) is 0 Å². The van der Waals surface area contributed by atoms with Crippen LogP contribution in [0, 0.1) is 0 Å². The predicted octanol–water partition coefficient (Wildman–Crippen LogP) is 2.48. The van der Waals surface area contributed by atoms with Gasteiger partial charge in [0.1, 0.15) is 0 Å². The summed E-state index contributed by atoms with van der Waals surface area (Å²) in [5.41, 5.74) is 1.13. The van der Waals surface area contributed by atoms with Crippen LogP contribution in [0.4, 0.5) is 0 Å². The number of nitrogens with one attached hydrogen (secondary N) is 1. The highest BCUT2D eigenvalue weighted by atomic mass is 35.5. The van der Waals surface area contributed by atoms with Gasteiger partial charge in [0.15, 0.2) is 5.96 Å². The van der Waals surface area contributed by atoms with Crippen LogP contribution in [0.15, 0.2) is 29.3 Å². The highest BCUT2D eigenvalue weighted by molar-refractivity contribution is 6.31. The average Bonchev–Trinajstić information content (AvgIpc) is 3.28. The lowest BCUT2D eigenvalue weighted by molar-refractivity contribution is -0.135. The normalized spacial score (nSPS) is 19.5. The predicted molar refractivity (Wildman–Crippen MR) is 120 cm³/mol. The highest BCUT2D eigenvalue weighted by Crippen LogP contribution is 2.16. The van der Waals surface area contributed by atoms with Crippen LogP contribution in [0.25, 0.3) is 0 Å². The average molecular weight is 420 g/mol. The Hall–Kier alpha value is -1.79. The van der Waals surface area contributed by atoms with Gasteiger partial charge in [0.05, 0.1) is 6.04 Å². The maximum absolute atomic E-state index is 12.7. The molecule has 1 unspecified atom stereocenters. The monoisotopic (exact) mass is 419 g/mol. The number of guanidine groups is 1. The van der Waals surface area contributed by atoms with Gasteiger partial charge in [0.2, 0.25) is 5.91 Å². The number of hydrogen-bond acceptors (Lipinski definition) is 3. The molecule has 29 heavy (non-hydrogen) atoms. The van der Waals surface area contributed by atoms with E-state index in [2.05, 4.69) is 35.0 Å². The van der Waals surface area contributed by atoms with Gasteiger partial charge in [-0.2, -0.15) is 0 Å². The topological polar surface area (TPSA) is 51.2 Å². The summed E-state index contributed by atoms with van der Waals surface area (Å²) in [5, 5.41) is 4.22. The largest absolute Gasteiger partial charge is 0.357 e. The minimum atomic E-state index is -0.0324. The number of hydrogen-bond donors (Lipinski definition) is 1. The molecule has 2 aliphatic heterocycles. The Bertz CT molecular complexity index is 696. The number of likely N-dealkylation sites (tertiary alicyclic amines) is 1. The lowest BCUT2D eigenvalue weighted by atomic mass is 10.1. The molecule has 160 valence electrons. The van der Waals surface area contributed by atoms with Crippen molar-refractivity contribution in [3.8, 4) is 0 Å². The molecule has 7 heteroatoms. The van der Waals surface area contributed by atoms with Gasteiger partial charge < -0.3 is 15.1 Å². The number of piperazine rings is 1. The van der Waals surface area contributed by atoms with Crippen molar-refractivity contribution in [3.63, 3.8) is 0 Å². The standard InChI is InChI=1S/C22H34ClN5O/c1-3-24-22(25-11-10-19-8-4-5-9-20(19)23)28-16-14-26(15-17-28)18(2)21(29)27-12-6-7-13-27/h4-5,8-9,18H,3,6-7,10-17H2,1-2H3,(H,24,25). The minimum Gasteiger partial charge on any atom is -0.357 e. The van der Waals surface area contributed by atoms with Gasteiger partial charge in [-0.05, 0) is 44.7 Å². The van der Waals surface area contributed by atoms with E-state index in [1.807, 2.05) is 23.1 Å². The van der Waals surface area contributed by atoms with Crippen LogP contribution in [-0.2, 0) is 11.2 Å². The lowest BCUT2D eigenvalue weighted by Gasteiger charge is -2.39. The first-order chi connectivity index (χ1) is 14.1. The smallest absolute Gasteiger partial charge is 0.239 e. The van der Waals surface area contributed by atoms with E-state index in [0.29, 0.717) is 6.54 Å². The second-order valence-corrected chi connectivity index (χ2v) is 8.22. The molecule has 3 rings (SSSR count). The first kappa shape index (κ1) is 21.9. The fourth-order valence-corrected chi connectivity index (χ4v) is 4.32. The molecule has 1 aromatic rings. The molecule has 0 spiro atoms. The summed E-state index contributed by atoms with van der Waals surface area (Å²) in [7, 11) is 0. The maximum atomic E-state index is 12.7. The number of benzene rings is 1. The van der Waals surface area contributed by atoms with Crippen molar-refractivity contribution in [2.45, 2.75) is 39.2 Å². The second-order valence-electron chi connectivity index (χ2n) is 7.81. The highest BCUT2D eigenvalue weighted by Gasteiger charge is 2.30. The molecule has 2 saturated heterocycles. The van der Waals surface area contributed by atoms with Crippen molar-refractivity contribution in [3.05, 3.63) is 34.9 Å². The van der Waals surface area contributed by atoms with Crippen molar-refractivity contribution in [2.24, 2.45) is 4.99 Å². The Kier molecular flexibility index (Phi) is 8.19. The molecule has 1 amide bonds. The Balaban J connectivity index is 1.52. The summed E-state index contributed by atoms with van der Waals surface area (Å²) >= 11 is 6.26. The Morgan fingerprint density at radius 2 is 1.79 bits per heavy atom. The summed E-state index contributed by atoms with van der Waals surface area (Å²) in [6.45, 7) is 11.1. The zero-order valence-electron chi connectivity index (χ0n) is 17.7. The van der Waals surface area contributed by atoms with Gasteiger partial charge in [0.25, 0.3) is 0 Å². The van der Waals surface area contributed by atoms with Crippen molar-refractivity contribution in [1.82, 2.24) is 20.0 Å². The molecular weight excluding hydrogens is 386 g/mol. The van der Waals surface area contributed by atoms with E-state index in [1.54, 1.807) is 0 Å². The van der Waals surface area contributed by atoms with Crippen molar-refractivity contribution < 1.29 is 4.79 Å². The van der Waals surface area contributed by atoms with E-state index in [4.69, 9.17) is 16.6 Å². The van der Waals surface area contributed by atoms with Gasteiger partial charge in [-0.1, -0.05) is 29.8 Å². The van der Waals surface area contributed by atoms with Crippen LogP contribution in [0.5, 0.6) is 0 Å². The summed E-state index contributed by atoms with van der Waals surface area (Å²) < 4.78 is 0. The quantitative estimate of drug-likeness (QED) is 0.568. The molecule has 0 radical (unpaired) electrons. The third-order valence-corrected chi connectivity index (χ3v) is 6.24. The lowest BCUT2D eigenvalue weighted by Crippen LogP contribution is -2.57. The van der Waals surface area contributed by atoms with Gasteiger partial charge in [-0.15, -0.1) is 0 Å². The molecule has 1 aromatic carbocycles. The summed E-state index contributed by atoms with van der Waals surface area (Å²) in [6.07, 6.45) is 3.11. The van der Waals surface area contributed by atoms with E-state index in [9.17, 15) is 4.79 Å². The number of halogens is 1. The summed E-state index contributed by atoms with van der Waals surface area (Å²) in [4.78, 5) is 24.2. The summed E-state index contributed by atoms with van der Waals surface area (Å²) in [6, 6.07) is 7.92. The van der Waals surface area contributed by atoms with Crippen LogP contribution in [0.2, 0.25) is 5.02 Å². The van der Waals surface area contributed by atoms with Crippen LogP contribution >= 0.6 is 11.6 Å². The SMILES string of the molecule is CCNC(=NCCc1ccccc1Cl)N1CCN(C(C)C(=O)N2CCCC2)CC1. The molecule has 2 fully saturated rings. The molecule has 0 aliphatic carbocycles. The van der Waals surface area contributed by atoms with E-state index >= 15 is 0 Å². The van der Waals surface area contributed by atoms with Gasteiger partial charge >= 0.3 is 0 Å². The fourth-order valence-electron chi connectivity index (χ4n) is 4.09. The molecule has 6 nitrogen and oxygen atoms in total. The third-order valence-electron chi connectivity index (χ3n) is 5.87. The second kappa shape index (κ2) is 10.8. The van der Waals surface area contributed by atoms with Crippen LogP contribution < -0.4 is 5.32 Å². The maximum Gasteiger partial charge on any atom is 0.239 e. The minimum absolute atomic E-state index is 0.0324. The Labute approximate surface area is 179 Å². The number of amides is 1. The van der Waals surface area contributed by atoms with E-state index < -0.39 is 0 Å². The zero-order chi connectivity index (χ0) is 20.6. The van der Waals surface area contributed by atoms with Crippen molar-refractivity contribution >= 4 is 23.5 Å². The molecule has 1 atom stereocenters. The molecule has 2 aliphatic rings. The number of rotatable bonds is 6. The van der Waals surface area contributed by atoms with Crippen LogP contribution in [-0.4, -0.2) is 85.0 Å². The fraction of sp³-hybridized carbons (Fsp3) is 0.636. The van der Waals surface area contributed by atoms with Gasteiger partial charge in [-0.3, -0.25) is 14.7 Å². The van der Waals surface area contributed by atoms with Crippen LogP contribution in [0.1, 0.15) is 32.3 Å². The molecular formula is C22H34ClN5O. The van der Waals surface area contributed by atoms with Crippen molar-refractivity contribution in [2.75, 3.05) is 52.4 Å². The van der Waals surface area contributed by atoms with Crippen LogP contribution in [0.3, 0.4) is 0 Å².